The summed E-state index contributed by atoms with van der Waals surface area (Å²) in [5.41, 5.74) is 0. The molecule has 28 heavy (non-hydrogen) atoms. The van der Waals surface area contributed by atoms with Gasteiger partial charge in [0.15, 0.2) is 5.16 Å². The first-order valence-corrected chi connectivity index (χ1v) is 12.1. The Morgan fingerprint density at radius 1 is 1.25 bits per heavy atom. The molecule has 1 aliphatic heterocycles. The van der Waals surface area contributed by atoms with Gasteiger partial charge in [0, 0.05) is 30.5 Å². The van der Waals surface area contributed by atoms with Gasteiger partial charge in [0.1, 0.15) is 5.82 Å². The number of hydrogen-bond acceptors (Lipinski definition) is 6. The largest absolute Gasteiger partial charge is 0.376 e. The minimum Gasteiger partial charge on any atom is -0.376 e. The normalized spacial score (nSPS) is 20.5. The summed E-state index contributed by atoms with van der Waals surface area (Å²) in [4.78, 5) is 13.6. The molecule has 2 aromatic rings. The summed E-state index contributed by atoms with van der Waals surface area (Å²) in [5.74, 6) is 1.44. The summed E-state index contributed by atoms with van der Waals surface area (Å²) in [6, 6.07) is 4.68. The van der Waals surface area contributed by atoms with Gasteiger partial charge in [0.05, 0.1) is 11.9 Å². The van der Waals surface area contributed by atoms with Crippen molar-refractivity contribution in [1.29, 1.82) is 0 Å². The molecule has 1 atom stereocenters. The van der Waals surface area contributed by atoms with Gasteiger partial charge in [0.25, 0.3) is 0 Å². The topological polar surface area (TPSA) is 69.0 Å². The number of thioether (sulfide) groups is 1. The van der Waals surface area contributed by atoms with Crippen molar-refractivity contribution in [2.24, 2.45) is 0 Å². The van der Waals surface area contributed by atoms with Gasteiger partial charge < -0.3 is 14.6 Å². The molecule has 2 aliphatic rings. The van der Waals surface area contributed by atoms with Crippen molar-refractivity contribution in [2.45, 2.75) is 68.7 Å². The third-order valence-electron chi connectivity index (χ3n) is 5.47. The molecule has 0 bridgehead atoms. The van der Waals surface area contributed by atoms with Gasteiger partial charge in [-0.25, -0.2) is 0 Å². The van der Waals surface area contributed by atoms with E-state index in [2.05, 4.69) is 37.6 Å². The highest BCUT2D eigenvalue weighted by atomic mass is 32.2. The number of amides is 1. The molecule has 4 rings (SSSR count). The van der Waals surface area contributed by atoms with Crippen molar-refractivity contribution < 1.29 is 9.53 Å². The Labute approximate surface area is 174 Å². The Morgan fingerprint density at radius 3 is 2.89 bits per heavy atom. The van der Waals surface area contributed by atoms with Crippen LogP contribution in [0.15, 0.2) is 22.7 Å². The Kier molecular flexibility index (Phi) is 7.04. The van der Waals surface area contributed by atoms with Crippen LogP contribution in [0, 0.1) is 0 Å². The number of ether oxygens (including phenoxy) is 1. The Bertz CT molecular complexity index is 750. The molecule has 152 valence electrons. The Morgan fingerprint density at radius 2 is 2.14 bits per heavy atom. The second-order valence-corrected chi connectivity index (χ2v) is 9.52. The summed E-state index contributed by atoms with van der Waals surface area (Å²) in [6.45, 7) is 1.42. The van der Waals surface area contributed by atoms with Gasteiger partial charge in [-0.05, 0) is 37.1 Å². The highest BCUT2D eigenvalue weighted by Crippen LogP contribution is 2.33. The predicted octanol–water partition coefficient (Wildman–Crippen LogP) is 3.82. The predicted molar refractivity (Wildman–Crippen MR) is 112 cm³/mol. The minimum absolute atomic E-state index is 0.0403. The molecule has 0 aromatic carbocycles. The zero-order valence-electron chi connectivity index (χ0n) is 16.1. The van der Waals surface area contributed by atoms with E-state index in [0.29, 0.717) is 18.3 Å². The fourth-order valence-electron chi connectivity index (χ4n) is 4.02. The molecule has 3 heterocycles. The average molecular weight is 421 g/mol. The number of nitrogens with one attached hydrogen (secondary N) is 1. The smallest absolute Gasteiger partial charge is 0.230 e. The van der Waals surface area contributed by atoms with Crippen LogP contribution in [0.5, 0.6) is 0 Å². The number of thiophene rings is 1. The monoisotopic (exact) mass is 420 g/mol. The molecule has 6 nitrogen and oxygen atoms in total. The Hall–Kier alpha value is -1.38. The van der Waals surface area contributed by atoms with Crippen LogP contribution in [0.1, 0.15) is 61.7 Å². The van der Waals surface area contributed by atoms with Crippen LogP contribution in [-0.2, 0) is 16.0 Å². The molecule has 1 N–H and O–H groups in total. The SMILES string of the molecule is O=C(CSc1nnc(Cc2cccs2)n1C1CCCCC1)NC[C@@H]1CCCO1. The van der Waals surface area contributed by atoms with Crippen LogP contribution < -0.4 is 5.32 Å². The van der Waals surface area contributed by atoms with Crippen LogP contribution in [-0.4, -0.2) is 45.7 Å². The van der Waals surface area contributed by atoms with Crippen LogP contribution in [0.4, 0.5) is 0 Å². The van der Waals surface area contributed by atoms with Crippen molar-refractivity contribution in [3.05, 3.63) is 28.2 Å². The van der Waals surface area contributed by atoms with Gasteiger partial charge in [-0.2, -0.15) is 0 Å². The fraction of sp³-hybridized carbons (Fsp3) is 0.650. The molecule has 1 aliphatic carbocycles. The van der Waals surface area contributed by atoms with Crippen LogP contribution >= 0.6 is 23.1 Å². The van der Waals surface area contributed by atoms with Crippen molar-refractivity contribution >= 4 is 29.0 Å². The van der Waals surface area contributed by atoms with Crippen LogP contribution in [0.25, 0.3) is 0 Å². The third kappa shape index (κ3) is 5.15. The van der Waals surface area contributed by atoms with E-state index in [1.165, 1.54) is 48.7 Å². The van der Waals surface area contributed by atoms with E-state index in [1.807, 2.05) is 0 Å². The van der Waals surface area contributed by atoms with Crippen molar-refractivity contribution in [1.82, 2.24) is 20.1 Å². The maximum atomic E-state index is 12.3. The number of nitrogens with zero attached hydrogens (tertiary/aromatic N) is 3. The number of carbonyl (C=O) groups excluding carboxylic acids is 1. The van der Waals surface area contributed by atoms with Crippen LogP contribution in [0.2, 0.25) is 0 Å². The van der Waals surface area contributed by atoms with E-state index in [-0.39, 0.29) is 12.0 Å². The average Bonchev–Trinajstić information content (AvgIpc) is 3.48. The highest BCUT2D eigenvalue weighted by Gasteiger charge is 2.24. The molecular formula is C20H28N4O2S2. The maximum absolute atomic E-state index is 12.3. The number of hydrogen-bond donors (Lipinski definition) is 1. The number of rotatable bonds is 8. The molecule has 2 fully saturated rings. The lowest BCUT2D eigenvalue weighted by molar-refractivity contribution is -0.119. The molecule has 2 aromatic heterocycles. The molecule has 8 heteroatoms. The van der Waals surface area contributed by atoms with Gasteiger partial charge in [-0.1, -0.05) is 37.1 Å². The van der Waals surface area contributed by atoms with E-state index in [0.717, 1.165) is 36.9 Å². The molecule has 1 saturated carbocycles. The molecule has 0 unspecified atom stereocenters. The van der Waals surface area contributed by atoms with Gasteiger partial charge in [-0.15, -0.1) is 21.5 Å². The zero-order valence-corrected chi connectivity index (χ0v) is 17.8. The number of carbonyl (C=O) groups is 1. The second kappa shape index (κ2) is 9.89. The Balaban J connectivity index is 1.40. The molecule has 0 spiro atoms. The zero-order chi connectivity index (χ0) is 19.2. The van der Waals surface area contributed by atoms with Gasteiger partial charge in [0.2, 0.25) is 5.91 Å². The molecule has 0 radical (unpaired) electrons. The van der Waals surface area contributed by atoms with Crippen LogP contribution in [0.3, 0.4) is 0 Å². The number of aromatic nitrogens is 3. The van der Waals surface area contributed by atoms with Crippen molar-refractivity contribution in [2.75, 3.05) is 18.9 Å². The lowest BCUT2D eigenvalue weighted by atomic mass is 9.95. The quantitative estimate of drug-likeness (QED) is 0.658. The standard InChI is InChI=1S/C20H28N4O2S2/c25-19(21-13-16-8-4-10-26-16)14-28-20-23-22-18(12-17-9-5-11-27-17)24(20)15-6-2-1-3-7-15/h5,9,11,15-16H,1-4,6-8,10,12-14H2,(H,21,25)/t16-/m0/s1. The van der Waals surface area contributed by atoms with Gasteiger partial charge >= 0.3 is 0 Å². The first-order valence-electron chi connectivity index (χ1n) is 10.3. The summed E-state index contributed by atoms with van der Waals surface area (Å²) in [7, 11) is 0. The van der Waals surface area contributed by atoms with E-state index in [1.54, 1.807) is 11.3 Å². The first kappa shape index (κ1) is 19.9. The summed E-state index contributed by atoms with van der Waals surface area (Å²) in [6.07, 6.45) is 9.29. The summed E-state index contributed by atoms with van der Waals surface area (Å²) >= 11 is 3.26. The highest BCUT2D eigenvalue weighted by molar-refractivity contribution is 7.99. The first-order chi connectivity index (χ1) is 13.8. The fourth-order valence-corrected chi connectivity index (χ4v) is 5.57. The van der Waals surface area contributed by atoms with Crippen molar-refractivity contribution in [3.63, 3.8) is 0 Å². The maximum Gasteiger partial charge on any atom is 0.230 e. The van der Waals surface area contributed by atoms with Gasteiger partial charge in [-0.3, -0.25) is 4.79 Å². The molecule has 1 saturated heterocycles. The molecular weight excluding hydrogens is 392 g/mol. The van der Waals surface area contributed by atoms with E-state index < -0.39 is 0 Å². The summed E-state index contributed by atoms with van der Waals surface area (Å²) in [5, 5.41) is 14.9. The molecule has 1 amide bonds. The summed E-state index contributed by atoms with van der Waals surface area (Å²) < 4.78 is 7.89. The lowest BCUT2D eigenvalue weighted by Gasteiger charge is -2.25. The second-order valence-electron chi connectivity index (χ2n) is 7.54. The van der Waals surface area contributed by atoms with E-state index in [9.17, 15) is 4.79 Å². The van der Waals surface area contributed by atoms with Crippen molar-refractivity contribution in [3.8, 4) is 0 Å². The lowest BCUT2D eigenvalue weighted by Crippen LogP contribution is -2.33. The van der Waals surface area contributed by atoms with E-state index >= 15 is 0 Å². The minimum atomic E-state index is 0.0403. The third-order valence-corrected chi connectivity index (χ3v) is 7.29. The van der Waals surface area contributed by atoms with E-state index in [4.69, 9.17) is 4.74 Å².